The Morgan fingerprint density at radius 2 is 1.26 bits per heavy atom. The van der Waals surface area contributed by atoms with Crippen LogP contribution in [0.15, 0.2) is 36.5 Å². The van der Waals surface area contributed by atoms with E-state index in [1.54, 1.807) is 29.7 Å². The van der Waals surface area contributed by atoms with Crippen molar-refractivity contribution in [1.82, 2.24) is 14.8 Å². The van der Waals surface area contributed by atoms with Crippen molar-refractivity contribution in [2.75, 3.05) is 37.7 Å². The first kappa shape index (κ1) is 34.0. The molecule has 0 saturated carbocycles. The molecule has 0 unspecified atom stereocenters. The Morgan fingerprint density at radius 3 is 1.72 bits per heavy atom. The average molecular weight is 606 g/mol. The number of hydrogen-bond acceptors (Lipinski definition) is 6. The first-order chi connectivity index (χ1) is 18.9. The molecule has 0 fully saturated rings. The lowest BCUT2D eigenvalue weighted by Gasteiger charge is -2.27. The largest absolute Gasteiger partial charge is 0.358 e. The number of para-hydroxylation sites is 1. The average Bonchev–Trinajstić information content (AvgIpc) is 2.96. The van der Waals surface area contributed by atoms with Crippen LogP contribution in [0.3, 0.4) is 0 Å². The minimum Gasteiger partial charge on any atom is -0.358 e. The second-order valence-electron chi connectivity index (χ2n) is 10.0. The maximum atomic E-state index is 13.9. The third-order valence-electron chi connectivity index (χ3n) is 6.70. The van der Waals surface area contributed by atoms with E-state index in [-0.39, 0.29) is 11.7 Å². The van der Waals surface area contributed by atoms with Gasteiger partial charge in [0.1, 0.15) is 8.64 Å². The van der Waals surface area contributed by atoms with Crippen molar-refractivity contribution in [3.63, 3.8) is 0 Å². The number of ketones is 1. The maximum absolute atomic E-state index is 13.9. The summed E-state index contributed by atoms with van der Waals surface area (Å²) in [5, 5.41) is 0.990. The van der Waals surface area contributed by atoms with Crippen molar-refractivity contribution >= 4 is 73.3 Å². The summed E-state index contributed by atoms with van der Waals surface area (Å²) in [6.45, 7) is 12.8. The quantitative estimate of drug-likeness (QED) is 0.123. The van der Waals surface area contributed by atoms with E-state index in [0.717, 1.165) is 97.1 Å². The zero-order chi connectivity index (χ0) is 28.5. The van der Waals surface area contributed by atoms with Gasteiger partial charge >= 0.3 is 0 Å². The van der Waals surface area contributed by atoms with Crippen LogP contribution >= 0.6 is 48.0 Å². The number of fused-ring (bicyclic) bond motifs is 1. The highest BCUT2D eigenvalue weighted by atomic mass is 32.2. The lowest BCUT2D eigenvalue weighted by atomic mass is 10.0. The molecule has 0 amide bonds. The Kier molecular flexibility index (Phi) is 17.2. The number of carbonyl (C=O) groups is 1. The Morgan fingerprint density at radius 1 is 0.795 bits per heavy atom. The Labute approximate surface area is 256 Å². The number of aromatic nitrogens is 1. The van der Waals surface area contributed by atoms with Crippen LogP contribution in [0.4, 0.5) is 0 Å². The summed E-state index contributed by atoms with van der Waals surface area (Å²) >= 11 is 15.1. The molecule has 216 valence electrons. The highest BCUT2D eigenvalue weighted by Crippen LogP contribution is 2.25. The van der Waals surface area contributed by atoms with E-state index in [2.05, 4.69) is 42.5 Å². The lowest BCUT2D eigenvalue weighted by molar-refractivity contribution is 0.0944. The standard InChI is InChI=1S/C31H47N3OS4/c1-5-9-17-33(18-10-6-2)30(36)38-23-27(24-39-31(37)34(19-11-7-3)20-12-8-4)29(35)26-21-25-15-13-14-16-28(25)32-22-26/h13-16,21-22,27H,5-12,17-20,23-24H2,1-4H3. The van der Waals surface area contributed by atoms with Crippen LogP contribution in [-0.4, -0.2) is 66.9 Å². The number of pyridine rings is 1. The maximum Gasteiger partial charge on any atom is 0.169 e. The highest BCUT2D eigenvalue weighted by molar-refractivity contribution is 8.23. The number of Topliss-reactive ketones (excluding diaryl/α,β-unsaturated/α-hetero) is 1. The minimum absolute atomic E-state index is 0.126. The normalized spacial score (nSPS) is 11.2. The van der Waals surface area contributed by atoms with Crippen LogP contribution in [0, 0.1) is 5.92 Å². The van der Waals surface area contributed by atoms with E-state index in [0.29, 0.717) is 17.1 Å². The molecule has 0 saturated heterocycles. The molecule has 39 heavy (non-hydrogen) atoms. The minimum atomic E-state index is -0.197. The van der Waals surface area contributed by atoms with Gasteiger partial charge in [-0.25, -0.2) is 0 Å². The number of thioether (sulfide) groups is 2. The molecule has 1 heterocycles. The fourth-order valence-electron chi connectivity index (χ4n) is 4.15. The zero-order valence-corrected chi connectivity index (χ0v) is 27.6. The van der Waals surface area contributed by atoms with Crippen LogP contribution in [0.1, 0.15) is 89.4 Å². The molecule has 2 rings (SSSR count). The summed E-state index contributed by atoms with van der Waals surface area (Å²) in [4.78, 5) is 23.1. The van der Waals surface area contributed by atoms with Gasteiger partial charge in [-0.2, -0.15) is 0 Å². The number of carbonyl (C=O) groups excluding carboxylic acids is 1. The van der Waals surface area contributed by atoms with Crippen LogP contribution < -0.4 is 0 Å². The van der Waals surface area contributed by atoms with Crippen molar-refractivity contribution in [2.24, 2.45) is 5.92 Å². The van der Waals surface area contributed by atoms with E-state index in [1.165, 1.54) is 0 Å². The molecular formula is C31H47N3OS4. The molecule has 0 spiro atoms. The third-order valence-corrected chi connectivity index (χ3v) is 10.1. The molecule has 0 atom stereocenters. The summed E-state index contributed by atoms with van der Waals surface area (Å²) in [5.74, 6) is 1.23. The van der Waals surface area contributed by atoms with Gasteiger partial charge in [0, 0.05) is 60.7 Å². The molecular weight excluding hydrogens is 559 g/mol. The smallest absolute Gasteiger partial charge is 0.169 e. The van der Waals surface area contributed by atoms with Crippen LogP contribution in [0.25, 0.3) is 10.9 Å². The lowest BCUT2D eigenvalue weighted by Crippen LogP contribution is -2.32. The fourth-order valence-corrected chi connectivity index (χ4v) is 7.03. The van der Waals surface area contributed by atoms with Crippen molar-refractivity contribution in [1.29, 1.82) is 0 Å². The molecule has 0 aliphatic carbocycles. The van der Waals surface area contributed by atoms with E-state index in [9.17, 15) is 4.79 Å². The van der Waals surface area contributed by atoms with Crippen molar-refractivity contribution < 1.29 is 4.79 Å². The third kappa shape index (κ3) is 12.0. The predicted octanol–water partition coefficient (Wildman–Crippen LogP) is 8.87. The summed E-state index contributed by atoms with van der Waals surface area (Å²) in [7, 11) is 0. The number of nitrogens with zero attached hydrogens (tertiary/aromatic N) is 3. The van der Waals surface area contributed by atoms with Gasteiger partial charge < -0.3 is 9.80 Å². The Balaban J connectivity index is 2.18. The summed E-state index contributed by atoms with van der Waals surface area (Å²) in [6, 6.07) is 9.93. The van der Waals surface area contributed by atoms with Crippen LogP contribution in [0.5, 0.6) is 0 Å². The molecule has 0 aliphatic heterocycles. The van der Waals surface area contributed by atoms with Gasteiger partial charge in [0.05, 0.1) is 5.52 Å². The van der Waals surface area contributed by atoms with Gasteiger partial charge in [-0.15, -0.1) is 0 Å². The Hall–Kier alpha value is -1.22. The predicted molar refractivity (Wildman–Crippen MR) is 182 cm³/mol. The van der Waals surface area contributed by atoms with E-state index in [1.807, 2.05) is 30.3 Å². The number of benzene rings is 1. The zero-order valence-electron chi connectivity index (χ0n) is 24.3. The monoisotopic (exact) mass is 605 g/mol. The Bertz CT molecular complexity index is 980. The summed E-state index contributed by atoms with van der Waals surface area (Å²) in [5.41, 5.74) is 1.57. The molecule has 1 aromatic carbocycles. The number of hydrogen-bond donors (Lipinski definition) is 0. The van der Waals surface area contributed by atoms with E-state index >= 15 is 0 Å². The molecule has 0 radical (unpaired) electrons. The number of unbranched alkanes of at least 4 members (excludes halogenated alkanes) is 4. The fraction of sp³-hybridized carbons (Fsp3) is 0.613. The topological polar surface area (TPSA) is 36.4 Å². The van der Waals surface area contributed by atoms with Gasteiger partial charge in [-0.1, -0.05) is 120 Å². The van der Waals surface area contributed by atoms with Crippen molar-refractivity contribution in [3.05, 3.63) is 42.1 Å². The second-order valence-corrected chi connectivity index (χ2v) is 13.3. The second kappa shape index (κ2) is 19.8. The van der Waals surface area contributed by atoms with Gasteiger partial charge in [0.25, 0.3) is 0 Å². The first-order valence-electron chi connectivity index (χ1n) is 14.7. The van der Waals surface area contributed by atoms with Crippen LogP contribution in [0.2, 0.25) is 0 Å². The molecule has 1 aromatic heterocycles. The summed E-state index contributed by atoms with van der Waals surface area (Å²) < 4.78 is 1.82. The number of rotatable bonds is 18. The van der Waals surface area contributed by atoms with E-state index < -0.39 is 0 Å². The van der Waals surface area contributed by atoms with Crippen molar-refractivity contribution in [2.45, 2.75) is 79.1 Å². The molecule has 4 nitrogen and oxygen atoms in total. The molecule has 2 aromatic rings. The molecule has 0 bridgehead atoms. The van der Waals surface area contributed by atoms with Crippen LogP contribution in [-0.2, 0) is 0 Å². The van der Waals surface area contributed by atoms with Gasteiger partial charge in [-0.3, -0.25) is 9.78 Å². The number of thiocarbonyl (C=S) groups is 2. The SMILES string of the molecule is CCCCN(CCCC)C(=S)SCC(CSC(=S)N(CCCC)CCCC)C(=O)c1cnc2ccccc2c1. The molecule has 0 N–H and O–H groups in total. The first-order valence-corrected chi connectivity index (χ1v) is 17.5. The van der Waals surface area contributed by atoms with Gasteiger partial charge in [-0.05, 0) is 37.8 Å². The highest BCUT2D eigenvalue weighted by Gasteiger charge is 2.24. The van der Waals surface area contributed by atoms with E-state index in [4.69, 9.17) is 24.4 Å². The molecule has 8 heteroatoms. The summed E-state index contributed by atoms with van der Waals surface area (Å²) in [6.07, 6.45) is 10.8. The molecule has 0 aliphatic rings. The van der Waals surface area contributed by atoms with Crippen molar-refractivity contribution in [3.8, 4) is 0 Å². The van der Waals surface area contributed by atoms with Gasteiger partial charge in [0.15, 0.2) is 5.78 Å². The van der Waals surface area contributed by atoms with Gasteiger partial charge in [0.2, 0.25) is 0 Å².